The van der Waals surface area contributed by atoms with Crippen LogP contribution in [0.4, 0.5) is 9.18 Å². The van der Waals surface area contributed by atoms with E-state index >= 15 is 0 Å². The molecule has 2 aliphatic carbocycles. The minimum atomic E-state index is -0.252. The van der Waals surface area contributed by atoms with Crippen molar-refractivity contribution < 1.29 is 14.3 Å². The first-order valence-corrected chi connectivity index (χ1v) is 14.4. The zero-order valence-corrected chi connectivity index (χ0v) is 23.1. The van der Waals surface area contributed by atoms with Crippen molar-refractivity contribution in [3.63, 3.8) is 0 Å². The molecule has 3 atom stereocenters. The molecule has 3 aliphatic rings. The molecule has 0 bridgehead atoms. The number of halogens is 1. The van der Waals surface area contributed by atoms with Gasteiger partial charge >= 0.3 is 6.03 Å². The summed E-state index contributed by atoms with van der Waals surface area (Å²) in [5.74, 6) is 0.159. The first-order chi connectivity index (χ1) is 19.4. The van der Waals surface area contributed by atoms with Crippen molar-refractivity contribution >= 4 is 12.1 Å². The molecule has 0 radical (unpaired) electrons. The summed E-state index contributed by atoms with van der Waals surface area (Å²) in [4.78, 5) is 17.5. The second kappa shape index (κ2) is 11.2. The van der Waals surface area contributed by atoms with E-state index in [2.05, 4.69) is 40.4 Å². The van der Waals surface area contributed by atoms with E-state index in [1.165, 1.54) is 23.3 Å². The van der Waals surface area contributed by atoms with Crippen molar-refractivity contribution in [3.05, 3.63) is 89.0 Å². The summed E-state index contributed by atoms with van der Waals surface area (Å²) >= 11 is 0. The summed E-state index contributed by atoms with van der Waals surface area (Å²) in [6.07, 6.45) is 8.14. The van der Waals surface area contributed by atoms with Crippen LogP contribution in [0, 0.1) is 17.2 Å². The molecule has 2 amide bonds. The van der Waals surface area contributed by atoms with Crippen molar-refractivity contribution in [2.45, 2.75) is 38.6 Å². The van der Waals surface area contributed by atoms with Crippen molar-refractivity contribution in [3.8, 4) is 5.69 Å². The predicted molar refractivity (Wildman–Crippen MR) is 153 cm³/mol. The van der Waals surface area contributed by atoms with Crippen LogP contribution in [0.1, 0.15) is 49.0 Å². The topological polar surface area (TPSA) is 73.6 Å². The second-order valence-corrected chi connectivity index (χ2v) is 11.6. The Morgan fingerprint density at radius 2 is 1.88 bits per heavy atom. The molecule has 1 saturated heterocycles. The Morgan fingerprint density at radius 1 is 1.12 bits per heavy atom. The normalized spacial score (nSPS) is 23.3. The molecule has 7 nitrogen and oxygen atoms in total. The van der Waals surface area contributed by atoms with E-state index in [9.17, 15) is 14.3 Å². The third kappa shape index (κ3) is 5.18. The van der Waals surface area contributed by atoms with Crippen LogP contribution in [0.15, 0.2) is 66.4 Å². The lowest BCUT2D eigenvalue weighted by Crippen LogP contribution is -2.52. The van der Waals surface area contributed by atoms with Gasteiger partial charge in [-0.25, -0.2) is 13.9 Å². The number of rotatable bonds is 7. The van der Waals surface area contributed by atoms with E-state index in [1.54, 1.807) is 12.1 Å². The average molecular weight is 544 g/mol. The molecule has 210 valence electrons. The van der Waals surface area contributed by atoms with E-state index < -0.39 is 0 Å². The Balaban J connectivity index is 1.20. The third-order valence-corrected chi connectivity index (χ3v) is 9.32. The molecule has 2 heterocycles. The van der Waals surface area contributed by atoms with E-state index in [4.69, 9.17) is 0 Å². The number of aliphatic hydroxyl groups is 1. The lowest BCUT2D eigenvalue weighted by molar-refractivity contribution is 0.119. The second-order valence-electron chi connectivity index (χ2n) is 11.6. The molecule has 1 aliphatic heterocycles. The smallest absolute Gasteiger partial charge is 0.317 e. The molecule has 6 rings (SSSR count). The molecule has 3 aromatic rings. The van der Waals surface area contributed by atoms with Crippen LogP contribution in [-0.4, -0.2) is 70.0 Å². The molecule has 0 spiro atoms. The average Bonchev–Trinajstić information content (AvgIpc) is 3.52. The number of urea groups is 1. The minimum absolute atomic E-state index is 0.00264. The Kier molecular flexibility index (Phi) is 7.47. The quantitative estimate of drug-likeness (QED) is 0.448. The van der Waals surface area contributed by atoms with Crippen LogP contribution in [-0.2, 0) is 6.42 Å². The van der Waals surface area contributed by atoms with Gasteiger partial charge in [-0.1, -0.05) is 42.8 Å². The highest BCUT2D eigenvalue weighted by Gasteiger charge is 2.46. The first kappa shape index (κ1) is 26.7. The first-order valence-electron chi connectivity index (χ1n) is 14.4. The maximum atomic E-state index is 13.5. The van der Waals surface area contributed by atoms with E-state index in [1.807, 2.05) is 34.0 Å². The van der Waals surface area contributed by atoms with E-state index in [-0.39, 0.29) is 29.9 Å². The van der Waals surface area contributed by atoms with Crippen molar-refractivity contribution in [1.82, 2.24) is 24.9 Å². The summed E-state index contributed by atoms with van der Waals surface area (Å²) in [6.45, 7) is 6.08. The number of allylic oxidation sites excluding steroid dienone is 1. The SMILES string of the molecule is C[C@]12Cc3cnn(-c4ccc(F)cc4)c3C=C1CC[C@@H]2CC(NC(=O)N1CCN(CCO)CC1)c1ccccc1. The number of hydrogen-bond donors (Lipinski definition) is 2. The number of β-amino-alcohol motifs (C(OH)–C–C–N with tert-alkyl or cyclic N) is 1. The van der Waals surface area contributed by atoms with Crippen molar-refractivity contribution in [1.29, 1.82) is 0 Å². The molecule has 2 aromatic carbocycles. The number of nitrogens with one attached hydrogen (secondary N) is 1. The number of nitrogens with zero attached hydrogens (tertiary/aromatic N) is 4. The molecule has 1 unspecified atom stereocenters. The number of carbonyl (C=O) groups excluding carboxylic acids is 1. The molecule has 40 heavy (non-hydrogen) atoms. The van der Waals surface area contributed by atoms with Crippen LogP contribution in [0.2, 0.25) is 0 Å². The molecule has 1 saturated carbocycles. The minimum Gasteiger partial charge on any atom is -0.395 e. The highest BCUT2D eigenvalue weighted by atomic mass is 19.1. The van der Waals surface area contributed by atoms with Gasteiger partial charge in [0.1, 0.15) is 5.82 Å². The number of hydrogen-bond acceptors (Lipinski definition) is 4. The van der Waals surface area contributed by atoms with Crippen LogP contribution in [0.3, 0.4) is 0 Å². The van der Waals surface area contributed by atoms with Gasteiger partial charge in [-0.15, -0.1) is 0 Å². The van der Waals surface area contributed by atoms with E-state index in [0.29, 0.717) is 25.6 Å². The van der Waals surface area contributed by atoms with Crippen LogP contribution >= 0.6 is 0 Å². The van der Waals surface area contributed by atoms with Gasteiger partial charge in [0.05, 0.1) is 30.2 Å². The molecule has 2 fully saturated rings. The summed E-state index contributed by atoms with van der Waals surface area (Å²) < 4.78 is 15.4. The lowest BCUT2D eigenvalue weighted by atomic mass is 9.68. The van der Waals surface area contributed by atoms with Crippen LogP contribution < -0.4 is 5.32 Å². The van der Waals surface area contributed by atoms with Crippen molar-refractivity contribution in [2.24, 2.45) is 11.3 Å². The van der Waals surface area contributed by atoms with Gasteiger partial charge in [0, 0.05) is 32.7 Å². The third-order valence-electron chi connectivity index (χ3n) is 9.32. The lowest BCUT2D eigenvalue weighted by Gasteiger charge is -2.39. The van der Waals surface area contributed by atoms with Crippen molar-refractivity contribution in [2.75, 3.05) is 39.3 Å². The number of carbonyl (C=O) groups is 1. The highest BCUT2D eigenvalue weighted by molar-refractivity contribution is 5.75. The largest absolute Gasteiger partial charge is 0.395 e. The van der Waals surface area contributed by atoms with Gasteiger partial charge in [-0.3, -0.25) is 4.90 Å². The number of aliphatic hydroxyl groups excluding tert-OH is 1. The maximum absolute atomic E-state index is 13.5. The zero-order valence-electron chi connectivity index (χ0n) is 23.1. The van der Waals surface area contributed by atoms with Gasteiger partial charge < -0.3 is 15.3 Å². The van der Waals surface area contributed by atoms with Gasteiger partial charge in [-0.05, 0) is 78.5 Å². The van der Waals surface area contributed by atoms with Crippen LogP contribution in [0.25, 0.3) is 11.8 Å². The van der Waals surface area contributed by atoms with Crippen LogP contribution in [0.5, 0.6) is 0 Å². The summed E-state index contributed by atoms with van der Waals surface area (Å²) in [5, 5.41) is 17.3. The highest BCUT2D eigenvalue weighted by Crippen LogP contribution is 2.55. The number of benzene rings is 2. The fourth-order valence-electron chi connectivity index (χ4n) is 6.90. The fraction of sp³-hybridized carbons (Fsp3) is 0.438. The predicted octanol–water partition coefficient (Wildman–Crippen LogP) is 4.82. The van der Waals surface area contributed by atoms with Gasteiger partial charge in [0.15, 0.2) is 0 Å². The number of piperazine rings is 1. The number of amides is 2. The number of fused-ring (bicyclic) bond motifs is 2. The number of aromatic nitrogens is 2. The molecule has 2 N–H and O–H groups in total. The zero-order chi connectivity index (χ0) is 27.7. The summed E-state index contributed by atoms with van der Waals surface area (Å²) in [7, 11) is 0. The summed E-state index contributed by atoms with van der Waals surface area (Å²) in [5.41, 5.74) is 5.73. The molecular weight excluding hydrogens is 505 g/mol. The van der Waals surface area contributed by atoms with Gasteiger partial charge in [0.25, 0.3) is 0 Å². The molecule has 1 aromatic heterocycles. The Morgan fingerprint density at radius 3 is 2.60 bits per heavy atom. The maximum Gasteiger partial charge on any atom is 0.317 e. The Labute approximate surface area is 235 Å². The van der Waals surface area contributed by atoms with Gasteiger partial charge in [-0.2, -0.15) is 5.10 Å². The van der Waals surface area contributed by atoms with Gasteiger partial charge in [0.2, 0.25) is 0 Å². The Bertz CT molecular complexity index is 1360. The monoisotopic (exact) mass is 543 g/mol. The summed E-state index contributed by atoms with van der Waals surface area (Å²) in [6, 6.07) is 16.7. The molecular formula is C32H38FN5O2. The van der Waals surface area contributed by atoms with E-state index in [0.717, 1.165) is 55.7 Å². The standard InChI is InChI=1S/C32H38FN5O2/c1-32-21-24-22-34-38(28-11-9-27(33)10-12-28)30(24)20-26(32)8-7-25(32)19-29(23-5-3-2-4-6-23)35-31(40)37-15-13-36(14-16-37)17-18-39/h2-6,9-12,20,22,25,29,39H,7-8,13-19,21H2,1H3,(H,35,40)/t25-,29?,32-/m1/s1. The fourth-order valence-corrected chi connectivity index (χ4v) is 6.90. The Hall–Kier alpha value is -3.49. The molecule has 8 heteroatoms.